The molecule has 3 rings (SSSR count). The van der Waals surface area contributed by atoms with Crippen molar-refractivity contribution in [3.63, 3.8) is 0 Å². The Kier molecular flexibility index (Phi) is 3.00. The fraction of sp³-hybridized carbons (Fsp3) is 0.200. The summed E-state index contributed by atoms with van der Waals surface area (Å²) < 4.78 is 13.2. The highest BCUT2D eigenvalue weighted by Gasteiger charge is 2.39. The SMILES string of the molecule is Nc1ccc(F)cc1SC1CC1c1ccccc1. The number of hydrogen-bond acceptors (Lipinski definition) is 2. The highest BCUT2D eigenvalue weighted by atomic mass is 32.2. The number of rotatable bonds is 3. The summed E-state index contributed by atoms with van der Waals surface area (Å²) in [5.41, 5.74) is 7.89. The van der Waals surface area contributed by atoms with Gasteiger partial charge in [0.2, 0.25) is 0 Å². The summed E-state index contributed by atoms with van der Waals surface area (Å²) in [5, 5.41) is 0.525. The molecule has 0 aromatic heterocycles. The molecule has 18 heavy (non-hydrogen) atoms. The third-order valence-electron chi connectivity index (χ3n) is 3.21. The Morgan fingerprint density at radius 1 is 1.11 bits per heavy atom. The molecule has 0 heterocycles. The molecule has 0 spiro atoms. The molecule has 0 radical (unpaired) electrons. The Morgan fingerprint density at radius 2 is 1.89 bits per heavy atom. The number of anilines is 1. The van der Waals surface area contributed by atoms with Crippen LogP contribution in [0.4, 0.5) is 10.1 Å². The van der Waals surface area contributed by atoms with Gasteiger partial charge in [-0.05, 0) is 36.1 Å². The smallest absolute Gasteiger partial charge is 0.124 e. The van der Waals surface area contributed by atoms with Crippen LogP contribution in [0, 0.1) is 5.82 Å². The van der Waals surface area contributed by atoms with E-state index < -0.39 is 0 Å². The first-order chi connectivity index (χ1) is 8.74. The maximum Gasteiger partial charge on any atom is 0.124 e. The molecule has 0 saturated heterocycles. The van der Waals surface area contributed by atoms with Gasteiger partial charge >= 0.3 is 0 Å². The summed E-state index contributed by atoms with van der Waals surface area (Å²) in [4.78, 5) is 0.860. The molecule has 1 aliphatic rings. The lowest BCUT2D eigenvalue weighted by atomic mass is 10.1. The largest absolute Gasteiger partial charge is 0.398 e. The van der Waals surface area contributed by atoms with Gasteiger partial charge in [-0.1, -0.05) is 30.3 Å². The second kappa shape index (κ2) is 4.65. The van der Waals surface area contributed by atoms with E-state index >= 15 is 0 Å². The third-order valence-corrected chi connectivity index (χ3v) is 4.64. The predicted octanol–water partition coefficient (Wildman–Crippen LogP) is 4.06. The first-order valence-electron chi connectivity index (χ1n) is 6.00. The van der Waals surface area contributed by atoms with Crippen molar-refractivity contribution in [3.8, 4) is 0 Å². The fourth-order valence-corrected chi connectivity index (χ4v) is 3.46. The van der Waals surface area contributed by atoms with Crippen molar-refractivity contribution in [2.24, 2.45) is 0 Å². The van der Waals surface area contributed by atoms with Gasteiger partial charge in [0, 0.05) is 15.8 Å². The second-order valence-electron chi connectivity index (χ2n) is 4.59. The summed E-state index contributed by atoms with van der Waals surface area (Å²) in [6, 6.07) is 15.0. The van der Waals surface area contributed by atoms with Crippen LogP contribution in [0.2, 0.25) is 0 Å². The van der Waals surface area contributed by atoms with E-state index in [1.807, 2.05) is 6.07 Å². The molecule has 1 fully saturated rings. The van der Waals surface area contributed by atoms with Crippen LogP contribution in [-0.4, -0.2) is 5.25 Å². The van der Waals surface area contributed by atoms with E-state index in [4.69, 9.17) is 5.73 Å². The highest BCUT2D eigenvalue weighted by molar-refractivity contribution is 8.00. The number of benzene rings is 2. The zero-order valence-corrected chi connectivity index (χ0v) is 10.7. The standard InChI is InChI=1S/C15H14FNS/c16-11-6-7-13(17)15(8-11)18-14-9-12(14)10-4-2-1-3-5-10/h1-8,12,14H,9,17H2. The number of nitrogen functional groups attached to an aromatic ring is 1. The summed E-state index contributed by atoms with van der Waals surface area (Å²) in [6.07, 6.45) is 1.14. The molecule has 92 valence electrons. The average Bonchev–Trinajstić information content (AvgIpc) is 3.14. The lowest BCUT2D eigenvalue weighted by molar-refractivity contribution is 0.624. The van der Waals surface area contributed by atoms with Gasteiger partial charge in [0.05, 0.1) is 0 Å². The van der Waals surface area contributed by atoms with Crippen molar-refractivity contribution in [2.45, 2.75) is 22.5 Å². The van der Waals surface area contributed by atoms with E-state index in [0.29, 0.717) is 16.9 Å². The maximum atomic E-state index is 13.2. The Labute approximate surface area is 110 Å². The quantitative estimate of drug-likeness (QED) is 0.841. The van der Waals surface area contributed by atoms with E-state index in [1.54, 1.807) is 17.8 Å². The van der Waals surface area contributed by atoms with Crippen LogP contribution in [0.3, 0.4) is 0 Å². The Bertz CT molecular complexity index is 556. The van der Waals surface area contributed by atoms with E-state index in [0.717, 1.165) is 11.3 Å². The molecule has 2 unspecified atom stereocenters. The molecule has 2 aromatic carbocycles. The maximum absolute atomic E-state index is 13.2. The van der Waals surface area contributed by atoms with Gasteiger partial charge < -0.3 is 5.73 Å². The van der Waals surface area contributed by atoms with Crippen LogP contribution in [0.25, 0.3) is 0 Å². The minimum absolute atomic E-state index is 0.219. The number of hydrogen-bond donors (Lipinski definition) is 1. The molecule has 0 amide bonds. The molecule has 0 aliphatic heterocycles. The monoisotopic (exact) mass is 259 g/mol. The van der Waals surface area contributed by atoms with Crippen LogP contribution in [0.1, 0.15) is 17.9 Å². The minimum Gasteiger partial charge on any atom is -0.398 e. The molecule has 1 nitrogen and oxygen atoms in total. The number of nitrogens with two attached hydrogens (primary N) is 1. The lowest BCUT2D eigenvalue weighted by Crippen LogP contribution is -1.91. The van der Waals surface area contributed by atoms with Crippen molar-refractivity contribution in [1.82, 2.24) is 0 Å². The van der Waals surface area contributed by atoms with Crippen LogP contribution < -0.4 is 5.73 Å². The van der Waals surface area contributed by atoms with Gasteiger partial charge in [-0.2, -0.15) is 0 Å². The van der Waals surface area contributed by atoms with Gasteiger partial charge in [-0.15, -0.1) is 11.8 Å². The Morgan fingerprint density at radius 3 is 2.67 bits per heavy atom. The highest BCUT2D eigenvalue weighted by Crippen LogP contribution is 2.52. The molecule has 3 heteroatoms. The third kappa shape index (κ3) is 2.36. The van der Waals surface area contributed by atoms with Crippen molar-refractivity contribution < 1.29 is 4.39 Å². The minimum atomic E-state index is -0.219. The fourth-order valence-electron chi connectivity index (χ4n) is 2.13. The Balaban J connectivity index is 1.71. The van der Waals surface area contributed by atoms with Gasteiger partial charge in [-0.3, -0.25) is 0 Å². The van der Waals surface area contributed by atoms with E-state index in [1.165, 1.54) is 17.7 Å². The summed E-state index contributed by atoms with van der Waals surface area (Å²) in [7, 11) is 0. The topological polar surface area (TPSA) is 26.0 Å². The van der Waals surface area contributed by atoms with Crippen molar-refractivity contribution in [1.29, 1.82) is 0 Å². The molecule has 1 aliphatic carbocycles. The zero-order valence-electron chi connectivity index (χ0n) is 9.84. The predicted molar refractivity (Wildman–Crippen MR) is 74.3 cm³/mol. The molecule has 1 saturated carbocycles. The number of thioether (sulfide) groups is 1. The van der Waals surface area contributed by atoms with Gasteiger partial charge in [0.25, 0.3) is 0 Å². The first kappa shape index (κ1) is 11.6. The van der Waals surface area contributed by atoms with Crippen LogP contribution >= 0.6 is 11.8 Å². The van der Waals surface area contributed by atoms with Crippen molar-refractivity contribution in [2.75, 3.05) is 5.73 Å². The van der Waals surface area contributed by atoms with Gasteiger partial charge in [0.1, 0.15) is 5.82 Å². The zero-order chi connectivity index (χ0) is 12.5. The Hall–Kier alpha value is -1.48. The van der Waals surface area contributed by atoms with Crippen LogP contribution in [0.15, 0.2) is 53.4 Å². The molecular formula is C15H14FNS. The molecular weight excluding hydrogens is 245 g/mol. The van der Waals surface area contributed by atoms with Gasteiger partial charge in [0.15, 0.2) is 0 Å². The van der Waals surface area contributed by atoms with E-state index in [-0.39, 0.29) is 5.82 Å². The summed E-state index contributed by atoms with van der Waals surface area (Å²) in [5.74, 6) is 0.363. The van der Waals surface area contributed by atoms with Crippen LogP contribution in [-0.2, 0) is 0 Å². The van der Waals surface area contributed by atoms with E-state index in [2.05, 4.69) is 24.3 Å². The number of halogens is 1. The molecule has 0 bridgehead atoms. The molecule has 2 atom stereocenters. The normalized spacial score (nSPS) is 21.8. The lowest BCUT2D eigenvalue weighted by Gasteiger charge is -2.05. The second-order valence-corrected chi connectivity index (χ2v) is 5.87. The molecule has 2 N–H and O–H groups in total. The molecule has 2 aromatic rings. The summed E-state index contributed by atoms with van der Waals surface area (Å²) >= 11 is 1.69. The first-order valence-corrected chi connectivity index (χ1v) is 6.88. The van der Waals surface area contributed by atoms with Gasteiger partial charge in [-0.25, -0.2) is 4.39 Å². The average molecular weight is 259 g/mol. The van der Waals surface area contributed by atoms with E-state index in [9.17, 15) is 4.39 Å². The van der Waals surface area contributed by atoms with Crippen LogP contribution in [0.5, 0.6) is 0 Å². The summed E-state index contributed by atoms with van der Waals surface area (Å²) in [6.45, 7) is 0. The van der Waals surface area contributed by atoms with Crippen molar-refractivity contribution in [3.05, 3.63) is 59.9 Å². The van der Waals surface area contributed by atoms with Crippen molar-refractivity contribution >= 4 is 17.4 Å².